The van der Waals surface area contributed by atoms with Crippen LogP contribution in [0.1, 0.15) is 52.2 Å². The zero-order valence-electron chi connectivity index (χ0n) is 22.2. The first-order valence-corrected chi connectivity index (χ1v) is 13.5. The van der Waals surface area contributed by atoms with Crippen molar-refractivity contribution in [3.63, 3.8) is 0 Å². The lowest BCUT2D eigenvalue weighted by atomic mass is 10.1. The first-order valence-electron chi connectivity index (χ1n) is 12.6. The molecule has 1 aromatic heterocycles. The van der Waals surface area contributed by atoms with Gasteiger partial charge in [0.1, 0.15) is 16.8 Å². The van der Waals surface area contributed by atoms with Crippen LogP contribution in [0.3, 0.4) is 0 Å². The van der Waals surface area contributed by atoms with Crippen molar-refractivity contribution in [2.45, 2.75) is 37.0 Å². The topological polar surface area (TPSA) is 127 Å². The first-order chi connectivity index (χ1) is 19.2. The maximum Gasteiger partial charge on any atom is 0.338 e. The lowest BCUT2D eigenvalue weighted by Gasteiger charge is -2.16. The van der Waals surface area contributed by atoms with E-state index in [-0.39, 0.29) is 12.0 Å². The highest BCUT2D eigenvalue weighted by Crippen LogP contribution is 2.35. The number of benzene rings is 2. The van der Waals surface area contributed by atoms with Crippen molar-refractivity contribution in [3.8, 4) is 11.8 Å². The number of ether oxygens (including phenoxy) is 2. The molecule has 2 heterocycles. The molecule has 0 saturated carbocycles. The Labute approximate surface area is 236 Å². The zero-order chi connectivity index (χ0) is 28.8. The molecule has 0 bridgehead atoms. The molecular weight excluding hydrogens is 530 g/mol. The Hall–Kier alpha value is -4.49. The highest BCUT2D eigenvalue weighted by atomic mass is 32.2. The van der Waals surface area contributed by atoms with Crippen LogP contribution in [0.25, 0.3) is 0 Å². The molecule has 9 nitrogen and oxygen atoms in total. The first kappa shape index (κ1) is 28.5. The molecule has 0 N–H and O–H groups in total. The predicted molar refractivity (Wildman–Crippen MR) is 148 cm³/mol. The van der Waals surface area contributed by atoms with E-state index in [1.807, 2.05) is 0 Å². The van der Waals surface area contributed by atoms with Crippen molar-refractivity contribution in [2.75, 3.05) is 18.6 Å². The molecule has 204 valence electrons. The zero-order valence-corrected chi connectivity index (χ0v) is 23.1. The number of para-hydroxylation sites is 1. The van der Waals surface area contributed by atoms with Crippen molar-refractivity contribution >= 4 is 41.0 Å². The van der Waals surface area contributed by atoms with E-state index in [2.05, 4.69) is 24.9 Å². The van der Waals surface area contributed by atoms with E-state index in [0.29, 0.717) is 33.5 Å². The summed E-state index contributed by atoms with van der Waals surface area (Å²) in [6, 6.07) is 18.0. The second kappa shape index (κ2) is 12.6. The van der Waals surface area contributed by atoms with E-state index in [4.69, 9.17) is 9.47 Å². The number of esters is 1. The summed E-state index contributed by atoms with van der Waals surface area (Å²) in [5.74, 6) is -1.20. The normalized spacial score (nSPS) is 14.8. The molecule has 4 rings (SSSR count). The molecule has 1 fully saturated rings. The van der Waals surface area contributed by atoms with Gasteiger partial charge in [-0.25, -0.2) is 14.7 Å². The Balaban J connectivity index is 1.42. The number of Topliss-reactive ketones (excluding diaryl/α,β-unsaturated/α-hetero) is 1. The van der Waals surface area contributed by atoms with Gasteiger partial charge in [-0.1, -0.05) is 37.7 Å². The monoisotopic (exact) mass is 557 g/mol. The van der Waals surface area contributed by atoms with Gasteiger partial charge in [0.25, 0.3) is 0 Å². The van der Waals surface area contributed by atoms with Crippen LogP contribution in [0.5, 0.6) is 5.75 Å². The number of nitriles is 1. The number of carbonyl (C=O) groups excluding carboxylic acids is 4. The van der Waals surface area contributed by atoms with Gasteiger partial charge in [0.05, 0.1) is 34.7 Å². The third-order valence-corrected chi connectivity index (χ3v) is 7.31. The molecule has 1 aliphatic rings. The Morgan fingerprint density at radius 3 is 2.50 bits per heavy atom. The van der Waals surface area contributed by atoms with Crippen molar-refractivity contribution < 1.29 is 28.7 Å². The Morgan fingerprint density at radius 1 is 1.10 bits per heavy atom. The van der Waals surface area contributed by atoms with E-state index in [9.17, 15) is 24.4 Å². The third-order valence-electron chi connectivity index (χ3n) is 6.12. The van der Waals surface area contributed by atoms with Crippen LogP contribution >= 0.6 is 11.8 Å². The second-order valence-electron chi connectivity index (χ2n) is 9.49. The summed E-state index contributed by atoms with van der Waals surface area (Å²) >= 11 is 1.11. The number of pyridine rings is 1. The number of nitrogens with zero attached hydrogens (tertiary/aromatic N) is 3. The number of aromatic nitrogens is 1. The van der Waals surface area contributed by atoms with Crippen molar-refractivity contribution in [1.82, 2.24) is 4.98 Å². The Bertz CT molecular complexity index is 1500. The number of anilines is 1. The summed E-state index contributed by atoms with van der Waals surface area (Å²) in [6.07, 6.45) is 0.686. The number of imide groups is 1. The van der Waals surface area contributed by atoms with Gasteiger partial charge in [0.2, 0.25) is 17.6 Å². The second-order valence-corrected chi connectivity index (χ2v) is 10.7. The number of thioether (sulfide) groups is 1. The largest absolute Gasteiger partial charge is 0.496 e. The van der Waals surface area contributed by atoms with Crippen molar-refractivity contribution in [1.29, 1.82) is 5.26 Å². The van der Waals surface area contributed by atoms with Crippen molar-refractivity contribution in [3.05, 3.63) is 83.0 Å². The molecular formula is C30H27N3O6S. The standard InChI is InChI=1S/C30H27N3O6S/c1-18(2)14-21-11-8-20(16-31)28(32-21)40-26-15-27(35)33(29(26)36)22-12-9-19(10-13-22)30(37)39-17-24(34)23-6-4-5-7-25(23)38-3/h4-13,18,26H,14-15,17H2,1-3H3. The number of ketones is 1. The van der Waals surface area contributed by atoms with E-state index in [0.717, 1.165) is 28.8 Å². The Kier molecular flexibility index (Phi) is 8.97. The summed E-state index contributed by atoms with van der Waals surface area (Å²) in [7, 11) is 1.45. The van der Waals surface area contributed by atoms with Gasteiger partial charge in [-0.3, -0.25) is 14.4 Å². The van der Waals surface area contributed by atoms with Gasteiger partial charge >= 0.3 is 5.97 Å². The Morgan fingerprint density at radius 2 is 1.82 bits per heavy atom. The van der Waals surface area contributed by atoms with Crippen LogP contribution < -0.4 is 9.64 Å². The SMILES string of the molecule is COc1ccccc1C(=O)COC(=O)c1ccc(N2C(=O)CC(Sc3nc(CC(C)C)ccc3C#N)C2=O)cc1. The predicted octanol–water partition coefficient (Wildman–Crippen LogP) is 4.62. The van der Waals surface area contributed by atoms with Crippen LogP contribution in [0.4, 0.5) is 5.69 Å². The van der Waals surface area contributed by atoms with E-state index < -0.39 is 35.4 Å². The van der Waals surface area contributed by atoms with Gasteiger partial charge in [0, 0.05) is 12.1 Å². The number of methoxy groups -OCH3 is 1. The highest BCUT2D eigenvalue weighted by molar-refractivity contribution is 8.00. The minimum absolute atomic E-state index is 0.0424. The van der Waals surface area contributed by atoms with Gasteiger partial charge in [-0.2, -0.15) is 5.26 Å². The number of carbonyl (C=O) groups is 4. The van der Waals surface area contributed by atoms with Gasteiger partial charge in [-0.05, 0) is 60.9 Å². The summed E-state index contributed by atoms with van der Waals surface area (Å²) < 4.78 is 10.3. The van der Waals surface area contributed by atoms with Crippen LogP contribution in [0, 0.1) is 17.2 Å². The lowest BCUT2D eigenvalue weighted by molar-refractivity contribution is -0.121. The molecule has 10 heteroatoms. The summed E-state index contributed by atoms with van der Waals surface area (Å²) in [6.45, 7) is 3.66. The molecule has 1 aliphatic heterocycles. The smallest absolute Gasteiger partial charge is 0.338 e. The molecule has 40 heavy (non-hydrogen) atoms. The van der Waals surface area contributed by atoms with Gasteiger partial charge in [0.15, 0.2) is 6.61 Å². The number of amides is 2. The maximum absolute atomic E-state index is 13.2. The molecule has 2 aromatic carbocycles. The number of hydrogen-bond acceptors (Lipinski definition) is 9. The van der Waals surface area contributed by atoms with Crippen molar-refractivity contribution in [2.24, 2.45) is 5.92 Å². The average molecular weight is 558 g/mol. The van der Waals surface area contributed by atoms with Crippen LogP contribution in [-0.2, 0) is 20.7 Å². The minimum Gasteiger partial charge on any atom is -0.496 e. The molecule has 0 spiro atoms. The minimum atomic E-state index is -0.730. The number of hydrogen-bond donors (Lipinski definition) is 0. The average Bonchev–Trinajstić information content (AvgIpc) is 3.23. The fourth-order valence-corrected chi connectivity index (χ4v) is 5.31. The molecule has 3 aromatic rings. The fraction of sp³-hybridized carbons (Fsp3) is 0.267. The van der Waals surface area contributed by atoms with Gasteiger partial charge in [-0.15, -0.1) is 0 Å². The fourth-order valence-electron chi connectivity index (χ4n) is 4.20. The van der Waals surface area contributed by atoms with Gasteiger partial charge < -0.3 is 9.47 Å². The summed E-state index contributed by atoms with van der Waals surface area (Å²) in [4.78, 5) is 56.6. The maximum atomic E-state index is 13.2. The van der Waals surface area contributed by atoms with E-state index >= 15 is 0 Å². The number of rotatable bonds is 10. The molecule has 1 atom stereocenters. The van der Waals surface area contributed by atoms with E-state index in [1.54, 1.807) is 36.4 Å². The highest BCUT2D eigenvalue weighted by Gasteiger charge is 2.40. The molecule has 2 amide bonds. The van der Waals surface area contributed by atoms with Crippen LogP contribution in [0.2, 0.25) is 0 Å². The summed E-state index contributed by atoms with van der Waals surface area (Å²) in [5, 5.41) is 9.20. The quantitative estimate of drug-likeness (QED) is 0.199. The van der Waals surface area contributed by atoms with E-state index in [1.165, 1.54) is 31.4 Å². The molecule has 0 radical (unpaired) electrons. The third kappa shape index (κ3) is 6.38. The summed E-state index contributed by atoms with van der Waals surface area (Å²) in [5.41, 5.74) is 1.93. The molecule has 1 saturated heterocycles. The molecule has 1 unspecified atom stereocenters. The lowest BCUT2D eigenvalue weighted by Crippen LogP contribution is -2.31. The van der Waals surface area contributed by atoms with Crippen LogP contribution in [0.15, 0.2) is 65.7 Å². The van der Waals surface area contributed by atoms with Crippen LogP contribution in [-0.4, -0.2) is 47.5 Å². The molecule has 0 aliphatic carbocycles.